The second kappa shape index (κ2) is 13.4. The zero-order valence-electron chi connectivity index (χ0n) is 27.7. The van der Waals surface area contributed by atoms with Crippen LogP contribution < -0.4 is 5.32 Å². The molecule has 2 N–H and O–H groups in total. The van der Waals surface area contributed by atoms with Gasteiger partial charge in [0.25, 0.3) is 0 Å². The Balaban J connectivity index is 1.15. The fourth-order valence-electron chi connectivity index (χ4n) is 8.40. The van der Waals surface area contributed by atoms with Crippen LogP contribution in [0.25, 0.3) is 32.8 Å². The van der Waals surface area contributed by atoms with E-state index in [0.717, 1.165) is 69.3 Å². The number of hydrogen-bond acceptors (Lipinski definition) is 5. The molecule has 2 bridgehead atoms. The van der Waals surface area contributed by atoms with Gasteiger partial charge in [0.05, 0.1) is 12.2 Å². The highest BCUT2D eigenvalue weighted by Gasteiger charge is 2.61. The summed E-state index contributed by atoms with van der Waals surface area (Å²) < 4.78 is 81.9. The average molecular weight is 713 g/mol. The molecule has 0 unspecified atom stereocenters. The minimum absolute atomic E-state index is 0.319. The van der Waals surface area contributed by atoms with Crippen LogP contribution >= 0.6 is 0 Å². The monoisotopic (exact) mass is 712 g/mol. The van der Waals surface area contributed by atoms with Crippen LogP contribution in [0.2, 0.25) is 0 Å². The second-order valence-corrected chi connectivity index (χ2v) is 14.4. The van der Waals surface area contributed by atoms with Gasteiger partial charge < -0.3 is 10.4 Å². The van der Waals surface area contributed by atoms with E-state index in [4.69, 9.17) is 4.98 Å². The summed E-state index contributed by atoms with van der Waals surface area (Å²) in [6.07, 6.45) is -7.30. The number of nitrogens with zero attached hydrogens (tertiary/aromatic N) is 3. The number of amides is 1. The van der Waals surface area contributed by atoms with Gasteiger partial charge in [-0.3, -0.25) is 19.6 Å². The molecule has 0 spiro atoms. The molecule has 0 radical (unpaired) electrons. The largest absolute Gasteiger partial charge is 0.480 e. The molecule has 3 saturated heterocycles. The van der Waals surface area contributed by atoms with Crippen LogP contribution in [0, 0.1) is 17.3 Å². The molecule has 270 valence electrons. The van der Waals surface area contributed by atoms with Crippen molar-refractivity contribution in [3.05, 3.63) is 78.0 Å². The average Bonchev–Trinajstić information content (AvgIpc) is 3.07. The number of likely N-dealkylation sites (tertiary alicyclic amines) is 1. The predicted molar refractivity (Wildman–Crippen MR) is 180 cm³/mol. The molecule has 8 rings (SSSR count). The maximum atomic E-state index is 14.4. The van der Waals surface area contributed by atoms with E-state index in [1.165, 1.54) is 12.8 Å². The molecule has 1 aliphatic carbocycles. The van der Waals surface area contributed by atoms with Crippen LogP contribution in [0.5, 0.6) is 0 Å². The molecule has 4 fully saturated rings. The number of fused-ring (bicyclic) bond motifs is 4. The summed E-state index contributed by atoms with van der Waals surface area (Å²) in [5.74, 6) is -1.53. The van der Waals surface area contributed by atoms with Gasteiger partial charge in [0.2, 0.25) is 5.91 Å². The lowest BCUT2D eigenvalue weighted by atomic mass is 9.71. The van der Waals surface area contributed by atoms with E-state index in [1.807, 2.05) is 42.6 Å². The van der Waals surface area contributed by atoms with Crippen molar-refractivity contribution in [2.24, 2.45) is 17.3 Å². The van der Waals surface area contributed by atoms with Crippen molar-refractivity contribution in [1.29, 1.82) is 0 Å². The zero-order valence-corrected chi connectivity index (χ0v) is 27.7. The molecular weight excluding hydrogens is 674 g/mol. The molecule has 13 heteroatoms. The molecule has 3 aromatic carbocycles. The quantitative estimate of drug-likeness (QED) is 0.179. The van der Waals surface area contributed by atoms with Crippen molar-refractivity contribution in [3.8, 4) is 11.3 Å². The summed E-state index contributed by atoms with van der Waals surface area (Å²) in [5.41, 5.74) is 0.161. The third kappa shape index (κ3) is 7.02. The van der Waals surface area contributed by atoms with Gasteiger partial charge in [-0.15, -0.1) is 0 Å². The number of carbonyl (C=O) groups is 2. The number of benzene rings is 3. The van der Waals surface area contributed by atoms with E-state index >= 15 is 0 Å². The molecule has 1 aromatic heterocycles. The second-order valence-electron chi connectivity index (χ2n) is 14.4. The Morgan fingerprint density at radius 2 is 1.43 bits per heavy atom. The first-order valence-electron chi connectivity index (χ1n) is 17.2. The van der Waals surface area contributed by atoms with Gasteiger partial charge >= 0.3 is 18.3 Å². The van der Waals surface area contributed by atoms with Gasteiger partial charge in [-0.05, 0) is 77.9 Å². The maximum absolute atomic E-state index is 14.4. The predicted octanol–water partition coefficient (Wildman–Crippen LogP) is 7.22. The van der Waals surface area contributed by atoms with Gasteiger partial charge in [-0.1, -0.05) is 60.7 Å². The molecule has 4 heterocycles. The van der Waals surface area contributed by atoms with E-state index in [-0.39, 0.29) is 6.42 Å². The van der Waals surface area contributed by atoms with Crippen LogP contribution in [0.1, 0.15) is 36.8 Å². The van der Waals surface area contributed by atoms with Gasteiger partial charge in [-0.2, -0.15) is 26.3 Å². The number of piperidine rings is 3. The molecule has 4 aliphatic rings. The van der Waals surface area contributed by atoms with Crippen molar-refractivity contribution >= 4 is 33.4 Å². The zero-order chi connectivity index (χ0) is 36.1. The van der Waals surface area contributed by atoms with Crippen LogP contribution in [-0.2, 0) is 22.6 Å². The number of carboxylic acid groups (broad SMARTS) is 1. The standard InChI is InChI=1S/C38H38F6N4O3/c39-37(40,41)22-47-13-11-36(12-14-47,38(42,43)44)35(51)46-32(34(49)50)17-25-5-3-9-29-27(25)8-4-10-31(29)33-30-7-2-1-6-28(30)26(18-45-33)21-48-19-23-15-24(16-23)20-48/h1-10,18,23-24,32H,11-17,19-22H2,(H,46,51)(H,49,50)/t23?,24?,32-/m0/s1. The topological polar surface area (TPSA) is 85.8 Å². The molecule has 51 heavy (non-hydrogen) atoms. The molecule has 4 aromatic rings. The molecule has 1 amide bonds. The third-order valence-corrected chi connectivity index (χ3v) is 11.0. The van der Waals surface area contributed by atoms with E-state index in [2.05, 4.69) is 16.3 Å². The number of carboxylic acids is 1. The first kappa shape index (κ1) is 35.2. The van der Waals surface area contributed by atoms with Crippen molar-refractivity contribution < 1.29 is 41.0 Å². The number of carbonyl (C=O) groups excluding carboxylic acids is 1. The first-order chi connectivity index (χ1) is 24.2. The minimum atomic E-state index is -5.10. The molecule has 1 atom stereocenters. The fraction of sp³-hybridized carbons (Fsp3) is 0.447. The summed E-state index contributed by atoms with van der Waals surface area (Å²) in [4.78, 5) is 34.0. The number of aliphatic carboxylic acids is 1. The normalized spacial score (nSPS) is 21.7. The van der Waals surface area contributed by atoms with Crippen LogP contribution in [0.3, 0.4) is 0 Å². The number of aromatic nitrogens is 1. The summed E-state index contributed by atoms with van der Waals surface area (Å²) >= 11 is 0. The highest BCUT2D eigenvalue weighted by atomic mass is 19.4. The molecule has 1 saturated carbocycles. The number of nitrogens with one attached hydrogen (secondary N) is 1. The Morgan fingerprint density at radius 1 is 0.824 bits per heavy atom. The third-order valence-electron chi connectivity index (χ3n) is 11.0. The Labute approximate surface area is 290 Å². The number of halogens is 6. The smallest absolute Gasteiger partial charge is 0.403 e. The Kier molecular flexibility index (Phi) is 9.24. The summed E-state index contributed by atoms with van der Waals surface area (Å²) in [7, 11) is 0. The van der Waals surface area contributed by atoms with Crippen molar-refractivity contribution in [1.82, 2.24) is 20.1 Å². The van der Waals surface area contributed by atoms with Crippen molar-refractivity contribution in [2.45, 2.75) is 57.0 Å². The van der Waals surface area contributed by atoms with E-state index < -0.39 is 68.2 Å². The number of pyridine rings is 1. The van der Waals surface area contributed by atoms with E-state index in [9.17, 15) is 41.0 Å². The Bertz CT molecular complexity index is 1940. The SMILES string of the molecule is O=C(O)[C@H](Cc1cccc2c(-c3ncc(CN4CC5CC(C5)C4)c4ccccc34)cccc12)NC(=O)C1(C(F)(F)F)CCN(CC(F)(F)F)CC1. The molecule has 3 aliphatic heterocycles. The minimum Gasteiger partial charge on any atom is -0.480 e. The Hall–Kier alpha value is -4.23. The van der Waals surface area contributed by atoms with Crippen LogP contribution in [-0.4, -0.2) is 82.9 Å². The highest BCUT2D eigenvalue weighted by Crippen LogP contribution is 2.47. The van der Waals surface area contributed by atoms with Crippen LogP contribution in [0.15, 0.2) is 66.9 Å². The lowest BCUT2D eigenvalue weighted by Crippen LogP contribution is -2.59. The van der Waals surface area contributed by atoms with Crippen molar-refractivity contribution in [3.63, 3.8) is 0 Å². The summed E-state index contributed by atoms with van der Waals surface area (Å²) in [5, 5.41) is 15.7. The van der Waals surface area contributed by atoms with E-state index in [1.54, 1.807) is 18.2 Å². The van der Waals surface area contributed by atoms with Gasteiger partial charge in [0.1, 0.15) is 11.5 Å². The lowest BCUT2D eigenvalue weighted by molar-refractivity contribution is -0.236. The fourth-order valence-corrected chi connectivity index (χ4v) is 8.40. The Morgan fingerprint density at radius 3 is 2.08 bits per heavy atom. The number of alkyl halides is 6. The number of hydrogen-bond donors (Lipinski definition) is 2. The molecule has 7 nitrogen and oxygen atoms in total. The van der Waals surface area contributed by atoms with Crippen molar-refractivity contribution in [2.75, 3.05) is 32.7 Å². The molecular formula is C38H38F6N4O3. The highest BCUT2D eigenvalue weighted by molar-refractivity contribution is 6.05. The maximum Gasteiger partial charge on any atom is 0.403 e. The van der Waals surface area contributed by atoms with Gasteiger partial charge in [0.15, 0.2) is 0 Å². The van der Waals surface area contributed by atoms with Crippen LogP contribution in [0.4, 0.5) is 26.3 Å². The number of rotatable bonds is 9. The summed E-state index contributed by atoms with van der Waals surface area (Å²) in [6, 6.07) is 17.1. The lowest BCUT2D eigenvalue weighted by Gasteiger charge is -2.47. The van der Waals surface area contributed by atoms with Gasteiger partial charge in [-0.25, -0.2) is 4.79 Å². The van der Waals surface area contributed by atoms with E-state index in [0.29, 0.717) is 10.9 Å². The first-order valence-corrected chi connectivity index (χ1v) is 17.2. The summed E-state index contributed by atoms with van der Waals surface area (Å²) in [6.45, 7) is 0.378. The van der Waals surface area contributed by atoms with Gasteiger partial charge in [0, 0.05) is 43.2 Å².